The number of hydrogen-bond donors (Lipinski definition) is 0. The highest BCUT2D eigenvalue weighted by Crippen LogP contribution is 2.62. The van der Waals surface area contributed by atoms with Gasteiger partial charge < -0.3 is 14.2 Å². The molecule has 1 heterocycles. The maximum absolute atomic E-state index is 16.9. The van der Waals surface area contributed by atoms with Gasteiger partial charge in [0.15, 0.2) is 11.4 Å². The van der Waals surface area contributed by atoms with Crippen LogP contribution in [-0.4, -0.2) is 0 Å². The summed E-state index contributed by atoms with van der Waals surface area (Å²) in [5.41, 5.74) is 15.8. The van der Waals surface area contributed by atoms with Gasteiger partial charge in [0.05, 0.1) is 22.4 Å². The van der Waals surface area contributed by atoms with Crippen LogP contribution in [0.2, 0.25) is 0 Å². The van der Waals surface area contributed by atoms with Crippen molar-refractivity contribution in [1.29, 1.82) is 0 Å². The van der Waals surface area contributed by atoms with E-state index in [1.165, 1.54) is 6.07 Å². The molecular weight excluding hydrogens is 827 g/mol. The summed E-state index contributed by atoms with van der Waals surface area (Å²) < 4.78 is 40.2. The minimum Gasteiger partial charge on any atom is -0.452 e. The van der Waals surface area contributed by atoms with Crippen LogP contribution in [0.5, 0.6) is 0 Å². The third-order valence-corrected chi connectivity index (χ3v) is 14.5. The van der Waals surface area contributed by atoms with Crippen molar-refractivity contribution in [2.75, 3.05) is 9.80 Å². The van der Waals surface area contributed by atoms with Gasteiger partial charge in [0.25, 0.3) is 0 Å². The number of para-hydroxylation sites is 1. The van der Waals surface area contributed by atoms with Gasteiger partial charge in [-0.2, -0.15) is 0 Å². The maximum atomic E-state index is 16.9. The van der Waals surface area contributed by atoms with Crippen molar-refractivity contribution in [3.8, 4) is 22.3 Å². The topological polar surface area (TPSA) is 19.6 Å². The van der Waals surface area contributed by atoms with E-state index in [2.05, 4.69) is 189 Å². The average Bonchev–Trinajstić information content (AvgIpc) is 4.00. The van der Waals surface area contributed by atoms with Crippen molar-refractivity contribution in [2.45, 2.75) is 39.5 Å². The predicted octanol–water partition coefficient (Wildman–Crippen LogP) is 17.6. The molecule has 0 aliphatic heterocycles. The molecule has 0 fully saturated rings. The Kier molecular flexibility index (Phi) is 8.51. The Bertz CT molecular complexity index is 3860. The summed E-state index contributed by atoms with van der Waals surface area (Å²) in [7, 11) is 0. The quantitative estimate of drug-likeness (QED) is 0.166. The molecule has 0 saturated heterocycles. The zero-order chi connectivity index (χ0) is 45.3. The predicted molar refractivity (Wildman–Crippen MR) is 273 cm³/mol. The molecule has 1 aromatic heterocycles. The summed E-state index contributed by atoms with van der Waals surface area (Å²) >= 11 is 0. The Morgan fingerprint density at radius 3 is 1.82 bits per heavy atom. The third-order valence-electron chi connectivity index (χ3n) is 14.5. The van der Waals surface area contributed by atoms with E-state index in [0.717, 1.165) is 111 Å². The molecule has 0 radical (unpaired) electrons. The minimum atomic E-state index is -0.595. The molecule has 0 amide bonds. The van der Waals surface area contributed by atoms with Gasteiger partial charge in [-0.25, -0.2) is 8.78 Å². The monoisotopic (exact) mass is 870 g/mol. The molecule has 0 unspecified atom stereocenters. The van der Waals surface area contributed by atoms with Crippen LogP contribution >= 0.6 is 0 Å². The summed E-state index contributed by atoms with van der Waals surface area (Å²) in [6.07, 6.45) is 0.524. The fourth-order valence-electron chi connectivity index (χ4n) is 11.2. The van der Waals surface area contributed by atoms with Crippen LogP contribution in [0, 0.1) is 25.5 Å². The molecule has 10 aromatic carbocycles. The second-order valence-corrected chi connectivity index (χ2v) is 18.9. The highest BCUT2D eigenvalue weighted by molar-refractivity contribution is 6.20. The Morgan fingerprint density at radius 1 is 0.448 bits per heavy atom. The molecule has 67 heavy (non-hydrogen) atoms. The van der Waals surface area contributed by atoms with E-state index in [1.807, 2.05) is 12.1 Å². The first kappa shape index (κ1) is 39.4. The third kappa shape index (κ3) is 5.80. The molecule has 13 rings (SSSR count). The molecule has 0 saturated carbocycles. The molecule has 0 N–H and O–H groups in total. The number of aryl methyl sites for hydroxylation is 2. The number of anilines is 6. The molecule has 0 atom stereocenters. The summed E-state index contributed by atoms with van der Waals surface area (Å²) in [5, 5.41) is 5.99. The van der Waals surface area contributed by atoms with Gasteiger partial charge in [0, 0.05) is 49.9 Å². The summed E-state index contributed by atoms with van der Waals surface area (Å²) in [5.74, 6) is -0.676. The lowest BCUT2D eigenvalue weighted by Crippen LogP contribution is -2.18. The summed E-state index contributed by atoms with van der Waals surface area (Å²) in [6.45, 7) is 8.77. The number of furan rings is 1. The lowest BCUT2D eigenvalue weighted by atomic mass is 9.80. The largest absolute Gasteiger partial charge is 0.452 e. The van der Waals surface area contributed by atoms with Crippen LogP contribution < -0.4 is 9.80 Å². The zero-order valence-corrected chi connectivity index (χ0v) is 37.6. The SMILES string of the molecule is Cc1ccc(N(c2cc3c(c4c2-c2c(F)cccc2C4)-c2c(cc(N(c4ccc(C)cc4)c4ccc5ccccc5c4)c4c2oc2c(F)cccc24)C3(C)C)c2cccc3ccccc23)cc1. The van der Waals surface area contributed by atoms with Crippen LogP contribution in [0.1, 0.15) is 47.2 Å². The first-order chi connectivity index (χ1) is 32.6. The average molecular weight is 871 g/mol. The molecule has 0 spiro atoms. The number of nitrogens with zero attached hydrogens (tertiary/aromatic N) is 2. The van der Waals surface area contributed by atoms with Gasteiger partial charge in [-0.15, -0.1) is 0 Å². The van der Waals surface area contributed by atoms with Crippen LogP contribution in [0.4, 0.5) is 42.9 Å². The van der Waals surface area contributed by atoms with Crippen molar-refractivity contribution in [1.82, 2.24) is 0 Å². The smallest absolute Gasteiger partial charge is 0.171 e. The number of halogens is 2. The minimum absolute atomic E-state index is 0.213. The van der Waals surface area contributed by atoms with Gasteiger partial charge in [0.2, 0.25) is 0 Å². The van der Waals surface area contributed by atoms with Crippen LogP contribution in [0.3, 0.4) is 0 Å². The Labute approximate surface area is 387 Å². The van der Waals surface area contributed by atoms with Crippen molar-refractivity contribution < 1.29 is 13.2 Å². The maximum Gasteiger partial charge on any atom is 0.171 e. The van der Waals surface area contributed by atoms with Crippen molar-refractivity contribution in [2.24, 2.45) is 0 Å². The molecule has 5 heteroatoms. The molecule has 322 valence electrons. The van der Waals surface area contributed by atoms with E-state index in [-0.39, 0.29) is 11.4 Å². The van der Waals surface area contributed by atoms with Gasteiger partial charge in [0.1, 0.15) is 11.4 Å². The Balaban J connectivity index is 1.16. The highest BCUT2D eigenvalue weighted by Gasteiger charge is 2.45. The Morgan fingerprint density at radius 2 is 1.04 bits per heavy atom. The number of fused-ring (bicyclic) bond motifs is 13. The second kappa shape index (κ2) is 14.5. The fourth-order valence-corrected chi connectivity index (χ4v) is 11.2. The molecule has 0 bridgehead atoms. The normalized spacial score (nSPS) is 13.3. The fraction of sp³-hybridized carbons (Fsp3) is 0.0968. The number of hydrogen-bond acceptors (Lipinski definition) is 3. The van der Waals surface area contributed by atoms with Gasteiger partial charge in [-0.1, -0.05) is 140 Å². The van der Waals surface area contributed by atoms with Crippen LogP contribution in [0.15, 0.2) is 186 Å². The summed E-state index contributed by atoms with van der Waals surface area (Å²) in [6, 6.07) is 62.4. The van der Waals surface area contributed by atoms with Crippen molar-refractivity contribution in [3.05, 3.63) is 227 Å². The molecule has 2 aliphatic carbocycles. The zero-order valence-electron chi connectivity index (χ0n) is 37.6. The van der Waals surface area contributed by atoms with Crippen molar-refractivity contribution >= 4 is 77.6 Å². The highest BCUT2D eigenvalue weighted by atomic mass is 19.1. The van der Waals surface area contributed by atoms with Gasteiger partial charge >= 0.3 is 0 Å². The van der Waals surface area contributed by atoms with E-state index < -0.39 is 11.2 Å². The lowest BCUT2D eigenvalue weighted by Gasteiger charge is -2.32. The lowest BCUT2D eigenvalue weighted by molar-refractivity contribution is 0.584. The molecule has 3 nitrogen and oxygen atoms in total. The summed E-state index contributed by atoms with van der Waals surface area (Å²) in [4.78, 5) is 4.63. The van der Waals surface area contributed by atoms with Gasteiger partial charge in [-0.05, 0) is 131 Å². The molecule has 2 aliphatic rings. The molecular formula is C62H44F2N2O. The van der Waals surface area contributed by atoms with E-state index in [0.29, 0.717) is 23.0 Å². The Hall–Kier alpha value is -8.02. The van der Waals surface area contributed by atoms with Crippen LogP contribution in [0.25, 0.3) is 65.7 Å². The van der Waals surface area contributed by atoms with E-state index in [4.69, 9.17) is 4.42 Å². The van der Waals surface area contributed by atoms with E-state index in [9.17, 15) is 0 Å². The van der Waals surface area contributed by atoms with E-state index in [1.54, 1.807) is 12.1 Å². The number of rotatable bonds is 6. The van der Waals surface area contributed by atoms with Gasteiger partial charge in [-0.3, -0.25) is 0 Å². The van der Waals surface area contributed by atoms with Crippen LogP contribution in [-0.2, 0) is 11.8 Å². The van der Waals surface area contributed by atoms with E-state index >= 15 is 8.78 Å². The first-order valence-electron chi connectivity index (χ1n) is 23.0. The standard InChI is InChI=1S/C62H44F2N2O/c1-36-22-27-42(28-23-36)65(44-31-26-38-12-5-6-14-40(38)32-44)54-35-49-59(61-58(54)46-18-11-20-51(64)60(46)67-61)56-47-33-41-16-9-19-50(63)55(41)57(47)53(34-48(56)62(49,3)4)66(43-29-24-37(2)25-30-43)52-21-10-15-39-13-7-8-17-45(39)52/h5-32,34-35H,33H2,1-4H3. The van der Waals surface area contributed by atoms with Crippen molar-refractivity contribution in [3.63, 3.8) is 0 Å². The first-order valence-corrected chi connectivity index (χ1v) is 23.0. The second-order valence-electron chi connectivity index (χ2n) is 18.9. The molecule has 11 aromatic rings. The number of benzene rings is 10.